The van der Waals surface area contributed by atoms with Gasteiger partial charge >= 0.3 is 6.18 Å². The van der Waals surface area contributed by atoms with Crippen LogP contribution in [0.15, 0.2) is 48.5 Å². The summed E-state index contributed by atoms with van der Waals surface area (Å²) in [6.07, 6.45) is -4.39. The van der Waals surface area contributed by atoms with Crippen molar-refractivity contribution in [1.29, 1.82) is 0 Å². The molecule has 1 aliphatic rings. The second-order valence-electron chi connectivity index (χ2n) is 8.80. The molecule has 1 N–H and O–H groups in total. The Bertz CT molecular complexity index is 1550. The predicted octanol–water partition coefficient (Wildman–Crippen LogP) is 5.51. The van der Waals surface area contributed by atoms with Gasteiger partial charge in [0.05, 0.1) is 68.0 Å². The number of ether oxygens (including phenoxy) is 4. The van der Waals surface area contributed by atoms with E-state index in [1.807, 2.05) is 12.1 Å². The Balaban J connectivity index is 1.59. The van der Waals surface area contributed by atoms with E-state index in [-0.39, 0.29) is 0 Å². The number of fused-ring (bicyclic) bond motifs is 1. The van der Waals surface area contributed by atoms with Crippen molar-refractivity contribution < 1.29 is 32.1 Å². The number of anilines is 1. The summed E-state index contributed by atoms with van der Waals surface area (Å²) in [6, 6.07) is 12.2. The number of nitrogens with one attached hydrogen (secondary N) is 1. The molecule has 1 aliphatic heterocycles. The first-order chi connectivity index (χ1) is 18.8. The van der Waals surface area contributed by atoms with E-state index in [1.54, 1.807) is 33.5 Å². The molecule has 39 heavy (non-hydrogen) atoms. The molecule has 4 aromatic rings. The number of morpholine rings is 1. The number of rotatable bonds is 5. The largest absolute Gasteiger partial charge is 0.496 e. The highest BCUT2D eigenvalue weighted by atomic mass is 19.4. The molecule has 1 fully saturated rings. The van der Waals surface area contributed by atoms with Gasteiger partial charge in [0.1, 0.15) is 11.6 Å². The highest BCUT2D eigenvalue weighted by molar-refractivity contribution is 5.87. The number of hydrogen-bond acceptors (Lipinski definition) is 6. The first kappa shape index (κ1) is 26.3. The first-order valence-corrected chi connectivity index (χ1v) is 12.2. The Morgan fingerprint density at radius 2 is 1.54 bits per heavy atom. The molecule has 1 saturated heterocycles. The van der Waals surface area contributed by atoms with Gasteiger partial charge in [-0.1, -0.05) is 11.8 Å². The van der Waals surface area contributed by atoms with Crippen LogP contribution in [0.5, 0.6) is 17.2 Å². The monoisotopic (exact) mass is 537 g/mol. The second kappa shape index (κ2) is 10.8. The van der Waals surface area contributed by atoms with Crippen LogP contribution in [0.25, 0.3) is 22.4 Å². The maximum atomic E-state index is 12.9. The van der Waals surface area contributed by atoms with Gasteiger partial charge in [-0.15, -0.1) is 0 Å². The van der Waals surface area contributed by atoms with Gasteiger partial charge in [0, 0.05) is 24.7 Å². The summed E-state index contributed by atoms with van der Waals surface area (Å²) in [4.78, 5) is 10.3. The van der Waals surface area contributed by atoms with Crippen LogP contribution in [0.2, 0.25) is 0 Å². The van der Waals surface area contributed by atoms with Crippen LogP contribution in [0.3, 0.4) is 0 Å². The maximum absolute atomic E-state index is 12.9. The average molecular weight is 538 g/mol. The van der Waals surface area contributed by atoms with E-state index >= 15 is 0 Å². The Hall–Kier alpha value is -4.36. The standard InChI is InChI=1S/C29H26F3N3O4/c1-36-25-17-27(38-3)26(37-2)15-21(25)28-33-22-14-19(7-4-18-5-8-20(9-6-18)29(30,31)32)24(16-23(22)34-28)35-10-12-39-13-11-35/h5-6,8-9,14-17H,10-13H2,1-3H3,(H,33,34). The van der Waals surface area contributed by atoms with Crippen molar-refractivity contribution in [2.24, 2.45) is 0 Å². The van der Waals surface area contributed by atoms with Gasteiger partial charge in [-0.05, 0) is 42.5 Å². The number of hydrogen-bond donors (Lipinski definition) is 1. The average Bonchev–Trinajstić information content (AvgIpc) is 3.37. The quantitative estimate of drug-likeness (QED) is 0.339. The van der Waals surface area contributed by atoms with Crippen molar-refractivity contribution in [2.75, 3.05) is 52.5 Å². The zero-order chi connectivity index (χ0) is 27.6. The summed E-state index contributed by atoms with van der Waals surface area (Å²) < 4.78 is 60.8. The number of aromatic amines is 1. The fourth-order valence-electron chi connectivity index (χ4n) is 4.44. The van der Waals surface area contributed by atoms with Crippen molar-refractivity contribution in [1.82, 2.24) is 9.97 Å². The molecule has 0 amide bonds. The van der Waals surface area contributed by atoms with Crippen LogP contribution >= 0.6 is 0 Å². The lowest BCUT2D eigenvalue weighted by Gasteiger charge is -2.29. The molecule has 0 unspecified atom stereocenters. The van der Waals surface area contributed by atoms with E-state index in [2.05, 4.69) is 21.7 Å². The third-order valence-corrected chi connectivity index (χ3v) is 6.47. The van der Waals surface area contributed by atoms with E-state index in [1.165, 1.54) is 12.1 Å². The number of imidazole rings is 1. The molecular formula is C29H26F3N3O4. The summed E-state index contributed by atoms with van der Waals surface area (Å²) in [7, 11) is 4.68. The first-order valence-electron chi connectivity index (χ1n) is 12.2. The van der Waals surface area contributed by atoms with Crippen molar-refractivity contribution in [3.05, 3.63) is 65.2 Å². The molecule has 0 saturated carbocycles. The molecule has 10 heteroatoms. The number of aromatic nitrogens is 2. The molecule has 2 heterocycles. The van der Waals surface area contributed by atoms with E-state index in [0.29, 0.717) is 60.5 Å². The smallest absolute Gasteiger partial charge is 0.416 e. The number of nitrogens with zero attached hydrogens (tertiary/aromatic N) is 2. The Labute approximate surface area is 223 Å². The lowest BCUT2D eigenvalue weighted by molar-refractivity contribution is -0.137. The van der Waals surface area contributed by atoms with Crippen molar-refractivity contribution in [2.45, 2.75) is 6.18 Å². The summed E-state index contributed by atoms with van der Waals surface area (Å²) in [5.74, 6) is 8.36. The second-order valence-corrected chi connectivity index (χ2v) is 8.80. The molecule has 202 valence electrons. The fraction of sp³-hybridized carbons (Fsp3) is 0.276. The van der Waals surface area contributed by atoms with Crippen LogP contribution in [-0.4, -0.2) is 57.6 Å². The minimum atomic E-state index is -4.39. The van der Waals surface area contributed by atoms with Gasteiger partial charge in [-0.2, -0.15) is 13.2 Å². The van der Waals surface area contributed by atoms with Crippen LogP contribution in [-0.2, 0) is 10.9 Å². The van der Waals surface area contributed by atoms with Crippen molar-refractivity contribution >= 4 is 16.7 Å². The summed E-state index contributed by atoms with van der Waals surface area (Å²) >= 11 is 0. The number of benzene rings is 3. The van der Waals surface area contributed by atoms with Crippen LogP contribution in [0, 0.1) is 11.8 Å². The Morgan fingerprint density at radius 1 is 0.872 bits per heavy atom. The zero-order valence-corrected chi connectivity index (χ0v) is 21.6. The topological polar surface area (TPSA) is 68.8 Å². The van der Waals surface area contributed by atoms with Gasteiger partial charge < -0.3 is 28.8 Å². The van der Waals surface area contributed by atoms with Gasteiger partial charge in [0.25, 0.3) is 0 Å². The van der Waals surface area contributed by atoms with Gasteiger partial charge in [-0.25, -0.2) is 4.98 Å². The third kappa shape index (κ3) is 5.45. The summed E-state index contributed by atoms with van der Waals surface area (Å²) in [5.41, 5.74) is 3.53. The lowest BCUT2D eigenvalue weighted by atomic mass is 10.1. The van der Waals surface area contributed by atoms with Crippen molar-refractivity contribution in [3.8, 4) is 40.5 Å². The van der Waals surface area contributed by atoms with Gasteiger partial charge in [0.2, 0.25) is 0 Å². The van der Waals surface area contributed by atoms with Crippen LogP contribution in [0.1, 0.15) is 16.7 Å². The van der Waals surface area contributed by atoms with E-state index < -0.39 is 11.7 Å². The molecule has 0 radical (unpaired) electrons. The normalized spacial score (nSPS) is 13.6. The molecule has 1 aromatic heterocycles. The molecule has 7 nitrogen and oxygen atoms in total. The minimum absolute atomic E-state index is 0.483. The molecule has 0 spiro atoms. The maximum Gasteiger partial charge on any atom is 0.416 e. The number of methoxy groups -OCH3 is 3. The Morgan fingerprint density at radius 3 is 2.18 bits per heavy atom. The molecule has 0 atom stereocenters. The molecule has 3 aromatic carbocycles. The highest BCUT2D eigenvalue weighted by Crippen LogP contribution is 2.40. The van der Waals surface area contributed by atoms with E-state index in [4.69, 9.17) is 23.9 Å². The molecule has 5 rings (SSSR count). The van der Waals surface area contributed by atoms with Crippen molar-refractivity contribution in [3.63, 3.8) is 0 Å². The highest BCUT2D eigenvalue weighted by Gasteiger charge is 2.29. The lowest BCUT2D eigenvalue weighted by Crippen LogP contribution is -2.36. The number of H-pyrrole nitrogens is 1. The Kier molecular flexibility index (Phi) is 7.26. The number of halogens is 3. The SMILES string of the molecule is COc1cc(OC)c(-c2nc3cc(N4CCOCC4)c(C#Cc4ccc(C(F)(F)F)cc4)cc3[nH]2)cc1OC. The van der Waals surface area contributed by atoms with Gasteiger partial charge in [-0.3, -0.25) is 0 Å². The van der Waals surface area contributed by atoms with E-state index in [0.717, 1.165) is 34.4 Å². The molecule has 0 bridgehead atoms. The zero-order valence-electron chi connectivity index (χ0n) is 21.6. The van der Waals surface area contributed by atoms with Crippen LogP contribution in [0.4, 0.5) is 18.9 Å². The molecular weight excluding hydrogens is 511 g/mol. The van der Waals surface area contributed by atoms with Crippen LogP contribution < -0.4 is 19.1 Å². The molecule has 0 aliphatic carbocycles. The predicted molar refractivity (Wildman–Crippen MR) is 142 cm³/mol. The van der Waals surface area contributed by atoms with E-state index in [9.17, 15) is 13.2 Å². The minimum Gasteiger partial charge on any atom is -0.496 e. The van der Waals surface area contributed by atoms with Gasteiger partial charge in [0.15, 0.2) is 11.5 Å². The third-order valence-electron chi connectivity index (χ3n) is 6.47. The fourth-order valence-corrected chi connectivity index (χ4v) is 4.44. The number of alkyl halides is 3. The summed E-state index contributed by atoms with van der Waals surface area (Å²) in [5, 5.41) is 0. The summed E-state index contributed by atoms with van der Waals surface area (Å²) in [6.45, 7) is 2.53.